The molecule has 5 heteroatoms. The summed E-state index contributed by atoms with van der Waals surface area (Å²) in [5.74, 6) is 0.878. The molecule has 1 rings (SSSR count). The van der Waals surface area contributed by atoms with E-state index in [-0.39, 0.29) is 0 Å². The fraction of sp³-hybridized carbons (Fsp3) is 0.786. The highest BCUT2D eigenvalue weighted by molar-refractivity contribution is 5.79. The van der Waals surface area contributed by atoms with Gasteiger partial charge in [-0.2, -0.15) is 0 Å². The van der Waals surface area contributed by atoms with Crippen LogP contribution in [0.3, 0.4) is 0 Å². The molecule has 0 amide bonds. The van der Waals surface area contributed by atoms with Crippen LogP contribution in [0.5, 0.6) is 0 Å². The van der Waals surface area contributed by atoms with E-state index in [4.69, 9.17) is 0 Å². The summed E-state index contributed by atoms with van der Waals surface area (Å²) in [7, 11) is 2.18. The minimum Gasteiger partial charge on any atom is -0.357 e. The first kappa shape index (κ1) is 16.0. The highest BCUT2D eigenvalue weighted by Crippen LogP contribution is 2.05. The van der Waals surface area contributed by atoms with Gasteiger partial charge in [0.1, 0.15) is 0 Å². The molecule has 0 saturated carbocycles. The van der Waals surface area contributed by atoms with Crippen LogP contribution in [0.4, 0.5) is 0 Å². The summed E-state index contributed by atoms with van der Waals surface area (Å²) in [5, 5.41) is 6.48. The zero-order valence-electron chi connectivity index (χ0n) is 12.7. The van der Waals surface area contributed by atoms with E-state index in [0.717, 1.165) is 51.8 Å². The van der Waals surface area contributed by atoms with Crippen LogP contribution in [-0.2, 0) is 0 Å². The Kier molecular flexibility index (Phi) is 7.52. The Hall–Kier alpha value is -1.07. The Morgan fingerprint density at radius 2 is 2.00 bits per heavy atom. The van der Waals surface area contributed by atoms with E-state index >= 15 is 0 Å². The summed E-state index contributed by atoms with van der Waals surface area (Å²) in [6, 6.07) is 0.493. The van der Waals surface area contributed by atoms with E-state index in [2.05, 4.69) is 52.9 Å². The van der Waals surface area contributed by atoms with Crippen molar-refractivity contribution in [3.05, 3.63) is 12.7 Å². The number of hydrogen-bond acceptors (Lipinski definition) is 3. The number of likely N-dealkylation sites (N-methyl/N-ethyl adjacent to an activating group) is 1. The highest BCUT2D eigenvalue weighted by atomic mass is 15.3. The molecular formula is C14H29N5. The van der Waals surface area contributed by atoms with Crippen LogP contribution in [0.15, 0.2) is 17.6 Å². The molecule has 5 nitrogen and oxygen atoms in total. The first-order valence-corrected chi connectivity index (χ1v) is 7.23. The van der Waals surface area contributed by atoms with E-state index < -0.39 is 0 Å². The van der Waals surface area contributed by atoms with Crippen LogP contribution in [0.2, 0.25) is 0 Å². The molecule has 1 atom stereocenters. The van der Waals surface area contributed by atoms with Gasteiger partial charge in [0, 0.05) is 45.3 Å². The Labute approximate surface area is 117 Å². The molecule has 0 aromatic carbocycles. The lowest BCUT2D eigenvalue weighted by Crippen LogP contribution is -2.49. The quantitative estimate of drug-likeness (QED) is 0.414. The minimum atomic E-state index is 0.493. The molecule has 1 heterocycles. The van der Waals surface area contributed by atoms with Crippen molar-refractivity contribution in [1.82, 2.24) is 20.4 Å². The summed E-state index contributed by atoms with van der Waals surface area (Å²) in [4.78, 5) is 9.53. The first-order chi connectivity index (χ1) is 9.17. The van der Waals surface area contributed by atoms with Crippen molar-refractivity contribution < 1.29 is 0 Å². The van der Waals surface area contributed by atoms with E-state index in [1.165, 1.54) is 0 Å². The van der Waals surface area contributed by atoms with Crippen LogP contribution in [0.25, 0.3) is 0 Å². The SMILES string of the molecule is C=CCNC(=NCC(C)N1CCN(C)CC1)NCC. The van der Waals surface area contributed by atoms with E-state index in [1.54, 1.807) is 0 Å². The molecule has 0 radical (unpaired) electrons. The van der Waals surface area contributed by atoms with E-state index in [0.29, 0.717) is 6.04 Å². The maximum atomic E-state index is 4.64. The molecule has 0 aliphatic carbocycles. The molecule has 1 saturated heterocycles. The van der Waals surface area contributed by atoms with Gasteiger partial charge in [-0.25, -0.2) is 0 Å². The van der Waals surface area contributed by atoms with Crippen LogP contribution >= 0.6 is 0 Å². The van der Waals surface area contributed by atoms with Gasteiger partial charge >= 0.3 is 0 Å². The molecule has 19 heavy (non-hydrogen) atoms. The number of nitrogens with zero attached hydrogens (tertiary/aromatic N) is 3. The Morgan fingerprint density at radius 1 is 1.32 bits per heavy atom. The lowest BCUT2D eigenvalue weighted by atomic mass is 10.2. The summed E-state index contributed by atoms with van der Waals surface area (Å²) in [6.45, 7) is 15.1. The standard InChI is InChI=1S/C14H29N5/c1-5-7-16-14(15-6-2)17-12-13(3)19-10-8-18(4)9-11-19/h5,13H,1,6-12H2,2-4H3,(H2,15,16,17). The smallest absolute Gasteiger partial charge is 0.191 e. The van der Waals surface area contributed by atoms with Gasteiger partial charge in [-0.3, -0.25) is 9.89 Å². The summed E-state index contributed by atoms with van der Waals surface area (Å²) < 4.78 is 0. The zero-order chi connectivity index (χ0) is 14.1. The van der Waals surface area contributed by atoms with Gasteiger partial charge < -0.3 is 15.5 Å². The number of piperazine rings is 1. The second-order valence-electron chi connectivity index (χ2n) is 5.08. The van der Waals surface area contributed by atoms with Gasteiger partial charge in [-0.05, 0) is 20.9 Å². The predicted molar refractivity (Wildman–Crippen MR) is 82.7 cm³/mol. The minimum absolute atomic E-state index is 0.493. The summed E-state index contributed by atoms with van der Waals surface area (Å²) >= 11 is 0. The molecule has 0 bridgehead atoms. The molecule has 1 aliphatic rings. The molecule has 0 aromatic rings. The van der Waals surface area contributed by atoms with Gasteiger partial charge in [0.05, 0.1) is 6.54 Å². The largest absolute Gasteiger partial charge is 0.357 e. The lowest BCUT2D eigenvalue weighted by molar-refractivity contribution is 0.122. The number of rotatable bonds is 6. The second kappa shape index (κ2) is 8.93. The average Bonchev–Trinajstić information content (AvgIpc) is 2.42. The van der Waals surface area contributed by atoms with Crippen molar-refractivity contribution in [3.8, 4) is 0 Å². The van der Waals surface area contributed by atoms with Crippen LogP contribution in [-0.4, -0.2) is 74.7 Å². The van der Waals surface area contributed by atoms with Crippen molar-refractivity contribution >= 4 is 5.96 Å². The van der Waals surface area contributed by atoms with Gasteiger partial charge in [-0.1, -0.05) is 6.08 Å². The number of nitrogens with one attached hydrogen (secondary N) is 2. The van der Waals surface area contributed by atoms with Crippen molar-refractivity contribution in [2.24, 2.45) is 4.99 Å². The number of aliphatic imine (C=N–C) groups is 1. The van der Waals surface area contributed by atoms with Crippen molar-refractivity contribution in [1.29, 1.82) is 0 Å². The zero-order valence-corrected chi connectivity index (χ0v) is 12.7. The third kappa shape index (κ3) is 6.07. The molecular weight excluding hydrogens is 238 g/mol. The van der Waals surface area contributed by atoms with Gasteiger partial charge in [0.2, 0.25) is 0 Å². The molecule has 110 valence electrons. The third-order valence-corrected chi connectivity index (χ3v) is 3.43. The monoisotopic (exact) mass is 267 g/mol. The van der Waals surface area contributed by atoms with Gasteiger partial charge in [-0.15, -0.1) is 6.58 Å². The van der Waals surface area contributed by atoms with E-state index in [9.17, 15) is 0 Å². The average molecular weight is 267 g/mol. The normalized spacial score (nSPS) is 20.1. The summed E-state index contributed by atoms with van der Waals surface area (Å²) in [5.41, 5.74) is 0. The number of hydrogen-bond donors (Lipinski definition) is 2. The first-order valence-electron chi connectivity index (χ1n) is 7.23. The Morgan fingerprint density at radius 3 is 2.58 bits per heavy atom. The fourth-order valence-electron chi connectivity index (χ4n) is 2.11. The van der Waals surface area contributed by atoms with Gasteiger partial charge in [0.25, 0.3) is 0 Å². The lowest BCUT2D eigenvalue weighted by Gasteiger charge is -2.35. The highest BCUT2D eigenvalue weighted by Gasteiger charge is 2.18. The maximum absolute atomic E-state index is 4.64. The Bertz CT molecular complexity index is 282. The van der Waals surface area contributed by atoms with Crippen LogP contribution in [0, 0.1) is 0 Å². The Balaban J connectivity index is 2.39. The topological polar surface area (TPSA) is 42.9 Å². The molecule has 1 fully saturated rings. The van der Waals surface area contributed by atoms with Crippen molar-refractivity contribution in [2.45, 2.75) is 19.9 Å². The maximum Gasteiger partial charge on any atom is 0.191 e. The second-order valence-corrected chi connectivity index (χ2v) is 5.08. The van der Waals surface area contributed by atoms with E-state index in [1.807, 2.05) is 6.08 Å². The molecule has 1 unspecified atom stereocenters. The summed E-state index contributed by atoms with van der Waals surface area (Å²) in [6.07, 6.45) is 1.84. The number of guanidine groups is 1. The van der Waals surface area contributed by atoms with Crippen LogP contribution < -0.4 is 10.6 Å². The molecule has 0 spiro atoms. The molecule has 2 N–H and O–H groups in total. The van der Waals surface area contributed by atoms with Crippen molar-refractivity contribution in [3.63, 3.8) is 0 Å². The molecule has 1 aliphatic heterocycles. The third-order valence-electron chi connectivity index (χ3n) is 3.43. The predicted octanol–water partition coefficient (Wildman–Crippen LogP) is 0.363. The molecule has 0 aromatic heterocycles. The van der Waals surface area contributed by atoms with Gasteiger partial charge in [0.15, 0.2) is 5.96 Å². The van der Waals surface area contributed by atoms with Crippen LogP contribution in [0.1, 0.15) is 13.8 Å². The van der Waals surface area contributed by atoms with Crippen molar-refractivity contribution in [2.75, 3.05) is 52.9 Å². The fourth-order valence-corrected chi connectivity index (χ4v) is 2.11.